The second-order valence-corrected chi connectivity index (χ2v) is 4.88. The van der Waals surface area contributed by atoms with Gasteiger partial charge in [0.1, 0.15) is 12.1 Å². The van der Waals surface area contributed by atoms with Crippen LogP contribution in [-0.4, -0.2) is 32.0 Å². The van der Waals surface area contributed by atoms with E-state index in [2.05, 4.69) is 20.8 Å². The molecule has 1 amide bonds. The van der Waals surface area contributed by atoms with Gasteiger partial charge in [-0.25, -0.2) is 10.1 Å². The van der Waals surface area contributed by atoms with Crippen molar-refractivity contribution in [2.45, 2.75) is 6.54 Å². The lowest BCUT2D eigenvalue weighted by molar-refractivity contribution is -0.384. The number of nitro benzene ring substituents is 1. The summed E-state index contributed by atoms with van der Waals surface area (Å²) < 4.78 is 1.48. The zero-order chi connectivity index (χ0) is 16.9. The van der Waals surface area contributed by atoms with E-state index in [9.17, 15) is 14.9 Å². The zero-order valence-corrected chi connectivity index (χ0v) is 12.4. The molecule has 9 nitrogen and oxygen atoms in total. The molecule has 0 atom stereocenters. The first-order valence-electron chi connectivity index (χ1n) is 6.98. The highest BCUT2D eigenvalue weighted by Gasteiger charge is 2.07. The van der Waals surface area contributed by atoms with Crippen LogP contribution >= 0.6 is 0 Å². The number of carbonyl (C=O) groups is 1. The number of hydrogen-bond donors (Lipinski definition) is 1. The molecule has 9 heteroatoms. The van der Waals surface area contributed by atoms with Crippen molar-refractivity contribution in [1.82, 2.24) is 20.4 Å². The summed E-state index contributed by atoms with van der Waals surface area (Å²) in [6, 6.07) is 13.1. The van der Waals surface area contributed by atoms with Crippen LogP contribution in [0, 0.1) is 10.1 Å². The van der Waals surface area contributed by atoms with Gasteiger partial charge >= 0.3 is 0 Å². The summed E-state index contributed by atoms with van der Waals surface area (Å²) in [6.45, 7) is -0.0158. The van der Waals surface area contributed by atoms with Crippen molar-refractivity contribution in [2.24, 2.45) is 5.10 Å². The minimum atomic E-state index is -0.481. The number of non-ortho nitro benzene ring substituents is 1. The fourth-order valence-corrected chi connectivity index (χ4v) is 2.07. The van der Waals surface area contributed by atoms with Crippen molar-refractivity contribution in [3.8, 4) is 0 Å². The zero-order valence-electron chi connectivity index (χ0n) is 12.4. The number of nitrogens with one attached hydrogen (secondary N) is 1. The summed E-state index contributed by atoms with van der Waals surface area (Å²) in [7, 11) is 0. The van der Waals surface area contributed by atoms with Gasteiger partial charge in [0.15, 0.2) is 0 Å². The predicted octanol–water partition coefficient (Wildman–Crippen LogP) is 1.49. The molecule has 0 spiro atoms. The number of benzene rings is 2. The highest BCUT2D eigenvalue weighted by molar-refractivity contribution is 5.83. The van der Waals surface area contributed by atoms with Crippen molar-refractivity contribution < 1.29 is 9.72 Å². The Morgan fingerprint density at radius 1 is 1.25 bits per heavy atom. The van der Waals surface area contributed by atoms with E-state index in [4.69, 9.17) is 0 Å². The number of nitro groups is 1. The van der Waals surface area contributed by atoms with E-state index in [1.165, 1.54) is 23.0 Å². The van der Waals surface area contributed by atoms with Crippen LogP contribution in [0.15, 0.2) is 53.6 Å². The van der Waals surface area contributed by atoms with Gasteiger partial charge in [-0.2, -0.15) is 5.10 Å². The Kier molecular flexibility index (Phi) is 4.23. The summed E-state index contributed by atoms with van der Waals surface area (Å²) in [6.07, 6.45) is 1.40. The van der Waals surface area contributed by atoms with E-state index < -0.39 is 4.92 Å². The van der Waals surface area contributed by atoms with Gasteiger partial charge in [-0.3, -0.25) is 14.9 Å². The molecule has 3 aromatic rings. The number of rotatable bonds is 5. The predicted molar refractivity (Wildman–Crippen MR) is 86.4 cm³/mol. The van der Waals surface area contributed by atoms with Crippen LogP contribution < -0.4 is 5.43 Å². The van der Waals surface area contributed by atoms with Crippen LogP contribution in [0.3, 0.4) is 0 Å². The molecule has 120 valence electrons. The molecule has 24 heavy (non-hydrogen) atoms. The lowest BCUT2D eigenvalue weighted by Crippen LogP contribution is -2.23. The number of carbonyl (C=O) groups excluding carboxylic acids is 1. The standard InChI is InChI=1S/C15H12N6O3/c22-15(10-20-14-4-2-1-3-13(14)17-19-20)18-16-9-11-5-7-12(8-6-11)21(23)24/h1-9H,10H2,(H,18,22). The molecule has 1 heterocycles. The normalized spacial score (nSPS) is 11.0. The monoisotopic (exact) mass is 324 g/mol. The second kappa shape index (κ2) is 6.65. The van der Waals surface area contributed by atoms with Crippen LogP contribution in [-0.2, 0) is 11.3 Å². The molecule has 3 rings (SSSR count). The Balaban J connectivity index is 1.60. The number of hydrogen-bond acceptors (Lipinski definition) is 6. The summed E-state index contributed by atoms with van der Waals surface area (Å²) in [5.74, 6) is -0.358. The molecule has 2 aromatic carbocycles. The maximum atomic E-state index is 11.9. The van der Waals surface area contributed by atoms with Gasteiger partial charge in [0.25, 0.3) is 11.6 Å². The number of fused-ring (bicyclic) bond motifs is 1. The number of amides is 1. The van der Waals surface area contributed by atoms with E-state index in [1.54, 1.807) is 12.1 Å². The van der Waals surface area contributed by atoms with Crippen LogP contribution in [0.2, 0.25) is 0 Å². The molecule has 0 fully saturated rings. The van der Waals surface area contributed by atoms with Crippen LogP contribution in [0.5, 0.6) is 0 Å². The SMILES string of the molecule is O=C(Cn1nnc2ccccc21)NN=Cc1ccc([N+](=O)[O-])cc1. The third-order valence-corrected chi connectivity index (χ3v) is 3.22. The molecule has 0 bridgehead atoms. The van der Waals surface area contributed by atoms with E-state index in [0.717, 1.165) is 5.52 Å². The van der Waals surface area contributed by atoms with Crippen LogP contribution in [0.4, 0.5) is 5.69 Å². The van der Waals surface area contributed by atoms with Gasteiger partial charge < -0.3 is 0 Å². The van der Waals surface area contributed by atoms with Crippen molar-refractivity contribution in [2.75, 3.05) is 0 Å². The topological polar surface area (TPSA) is 115 Å². The van der Waals surface area contributed by atoms with E-state index in [0.29, 0.717) is 11.1 Å². The van der Waals surface area contributed by atoms with Gasteiger partial charge in [0.2, 0.25) is 0 Å². The van der Waals surface area contributed by atoms with Crippen molar-refractivity contribution in [3.05, 3.63) is 64.2 Å². The number of aromatic nitrogens is 3. The second-order valence-electron chi connectivity index (χ2n) is 4.88. The quantitative estimate of drug-likeness (QED) is 0.434. The van der Waals surface area contributed by atoms with E-state index in [-0.39, 0.29) is 18.1 Å². The average Bonchev–Trinajstić information content (AvgIpc) is 2.98. The minimum absolute atomic E-state index is 0.00533. The Morgan fingerprint density at radius 3 is 2.75 bits per heavy atom. The van der Waals surface area contributed by atoms with Gasteiger partial charge in [-0.05, 0) is 29.8 Å². The largest absolute Gasteiger partial charge is 0.271 e. The fraction of sp³-hybridized carbons (Fsp3) is 0.0667. The van der Waals surface area contributed by atoms with Crippen molar-refractivity contribution in [1.29, 1.82) is 0 Å². The number of hydrazone groups is 1. The Bertz CT molecular complexity index is 916. The Morgan fingerprint density at radius 2 is 2.00 bits per heavy atom. The summed E-state index contributed by atoms with van der Waals surface area (Å²) >= 11 is 0. The fourth-order valence-electron chi connectivity index (χ4n) is 2.07. The molecular weight excluding hydrogens is 312 g/mol. The molecule has 0 aliphatic carbocycles. The first-order chi connectivity index (χ1) is 11.6. The molecule has 0 saturated carbocycles. The summed E-state index contributed by atoms with van der Waals surface area (Å²) in [4.78, 5) is 22.0. The van der Waals surface area contributed by atoms with Crippen molar-refractivity contribution >= 4 is 28.8 Å². The molecule has 0 unspecified atom stereocenters. The van der Waals surface area contributed by atoms with Gasteiger partial charge in [-0.1, -0.05) is 17.3 Å². The van der Waals surface area contributed by atoms with Gasteiger partial charge in [0, 0.05) is 12.1 Å². The minimum Gasteiger partial charge on any atom is -0.271 e. The third kappa shape index (κ3) is 3.40. The molecule has 1 N–H and O–H groups in total. The molecule has 0 aliphatic heterocycles. The Hall–Kier alpha value is -3.62. The average molecular weight is 324 g/mol. The van der Waals surface area contributed by atoms with E-state index >= 15 is 0 Å². The third-order valence-electron chi connectivity index (χ3n) is 3.22. The molecular formula is C15H12N6O3. The highest BCUT2D eigenvalue weighted by Crippen LogP contribution is 2.11. The maximum absolute atomic E-state index is 11.9. The van der Waals surface area contributed by atoms with Crippen LogP contribution in [0.25, 0.3) is 11.0 Å². The smallest absolute Gasteiger partial charge is 0.269 e. The van der Waals surface area contributed by atoms with Gasteiger partial charge in [-0.15, -0.1) is 5.10 Å². The summed E-state index contributed by atoms with van der Waals surface area (Å²) in [5, 5.41) is 22.3. The first kappa shape index (κ1) is 15.3. The molecule has 0 saturated heterocycles. The first-order valence-corrected chi connectivity index (χ1v) is 6.98. The molecule has 0 aliphatic rings. The van der Waals surface area contributed by atoms with Crippen molar-refractivity contribution in [3.63, 3.8) is 0 Å². The number of nitrogens with zero attached hydrogens (tertiary/aromatic N) is 5. The molecule has 1 aromatic heterocycles. The molecule has 0 radical (unpaired) electrons. The lowest BCUT2D eigenvalue weighted by Gasteiger charge is -2.01. The van der Waals surface area contributed by atoms with Gasteiger partial charge in [0.05, 0.1) is 16.7 Å². The van der Waals surface area contributed by atoms with E-state index in [1.807, 2.05) is 24.3 Å². The maximum Gasteiger partial charge on any atom is 0.269 e. The number of para-hydroxylation sites is 1. The van der Waals surface area contributed by atoms with Crippen LogP contribution in [0.1, 0.15) is 5.56 Å². The lowest BCUT2D eigenvalue weighted by atomic mass is 10.2. The highest BCUT2D eigenvalue weighted by atomic mass is 16.6. The Labute approximate surface area is 135 Å². The summed E-state index contributed by atoms with van der Waals surface area (Å²) in [5.41, 5.74) is 4.47.